The zero-order valence-corrected chi connectivity index (χ0v) is 11.6. The van der Waals surface area contributed by atoms with Gasteiger partial charge in [0.25, 0.3) is 0 Å². The van der Waals surface area contributed by atoms with Gasteiger partial charge in [-0.05, 0) is 26.2 Å². The Morgan fingerprint density at radius 2 is 2.26 bits per heavy atom. The summed E-state index contributed by atoms with van der Waals surface area (Å²) in [7, 11) is 0. The van der Waals surface area contributed by atoms with Crippen molar-refractivity contribution in [1.82, 2.24) is 5.32 Å². The maximum absolute atomic E-state index is 11.8. The van der Waals surface area contributed by atoms with Gasteiger partial charge in [0.15, 0.2) is 0 Å². The molecule has 1 fully saturated rings. The fourth-order valence-corrected chi connectivity index (χ4v) is 1.94. The van der Waals surface area contributed by atoms with Crippen LogP contribution in [0.25, 0.3) is 0 Å². The van der Waals surface area contributed by atoms with Gasteiger partial charge in [0.1, 0.15) is 12.1 Å². The first kappa shape index (κ1) is 15.9. The second-order valence-corrected chi connectivity index (χ2v) is 4.80. The van der Waals surface area contributed by atoms with Gasteiger partial charge < -0.3 is 19.9 Å². The lowest BCUT2D eigenvalue weighted by molar-refractivity contribution is -0.144. The molecule has 110 valence electrons. The minimum atomic E-state index is -1.01. The molecule has 0 aromatic heterocycles. The standard InChI is InChI=1S/C13H23NO5/c1-3-5-11(13(16)17)14-12(15)9(2)19-8-10-6-4-7-18-10/h9-11H,3-8H2,1-2H3,(H,14,15)(H,16,17). The predicted octanol–water partition coefficient (Wildman–Crippen LogP) is 0.940. The second kappa shape index (κ2) is 8.12. The van der Waals surface area contributed by atoms with Gasteiger partial charge in [0, 0.05) is 6.61 Å². The zero-order chi connectivity index (χ0) is 14.3. The summed E-state index contributed by atoms with van der Waals surface area (Å²) in [4.78, 5) is 22.7. The lowest BCUT2D eigenvalue weighted by Gasteiger charge is -2.19. The third-order valence-electron chi connectivity index (χ3n) is 3.12. The summed E-state index contributed by atoms with van der Waals surface area (Å²) in [5, 5.41) is 11.5. The van der Waals surface area contributed by atoms with Crippen molar-refractivity contribution >= 4 is 11.9 Å². The Morgan fingerprint density at radius 1 is 1.53 bits per heavy atom. The maximum Gasteiger partial charge on any atom is 0.326 e. The molecule has 1 aliphatic heterocycles. The van der Waals surface area contributed by atoms with Crippen molar-refractivity contribution in [3.05, 3.63) is 0 Å². The first-order valence-corrected chi connectivity index (χ1v) is 6.81. The van der Waals surface area contributed by atoms with Gasteiger partial charge in [-0.25, -0.2) is 4.79 Å². The number of carboxylic acids is 1. The average Bonchev–Trinajstić information content (AvgIpc) is 2.88. The average molecular weight is 273 g/mol. The molecule has 0 radical (unpaired) electrons. The van der Waals surface area contributed by atoms with E-state index in [1.54, 1.807) is 6.92 Å². The van der Waals surface area contributed by atoms with Crippen LogP contribution in [0.2, 0.25) is 0 Å². The van der Waals surface area contributed by atoms with Crippen molar-refractivity contribution in [3.63, 3.8) is 0 Å². The Morgan fingerprint density at radius 3 is 2.79 bits per heavy atom. The molecule has 1 rings (SSSR count). The fraction of sp³-hybridized carbons (Fsp3) is 0.846. The SMILES string of the molecule is CCCC(NC(=O)C(C)OCC1CCCO1)C(=O)O. The van der Waals surface area contributed by atoms with Gasteiger partial charge in [0.05, 0.1) is 12.7 Å². The monoisotopic (exact) mass is 273 g/mol. The summed E-state index contributed by atoms with van der Waals surface area (Å²) < 4.78 is 10.8. The maximum atomic E-state index is 11.8. The molecule has 19 heavy (non-hydrogen) atoms. The van der Waals surface area contributed by atoms with E-state index in [2.05, 4.69) is 5.32 Å². The first-order valence-electron chi connectivity index (χ1n) is 6.81. The van der Waals surface area contributed by atoms with Crippen LogP contribution in [0, 0.1) is 0 Å². The number of carbonyl (C=O) groups excluding carboxylic acids is 1. The minimum absolute atomic E-state index is 0.0566. The van der Waals surface area contributed by atoms with Crippen LogP contribution >= 0.6 is 0 Å². The Bertz CT molecular complexity index is 301. The van der Waals surface area contributed by atoms with E-state index in [0.717, 1.165) is 19.4 Å². The quantitative estimate of drug-likeness (QED) is 0.687. The molecule has 1 amide bonds. The van der Waals surface area contributed by atoms with E-state index in [1.807, 2.05) is 6.92 Å². The molecular weight excluding hydrogens is 250 g/mol. The Kier molecular flexibility index (Phi) is 6.80. The molecule has 1 saturated heterocycles. The van der Waals surface area contributed by atoms with Crippen LogP contribution in [0.15, 0.2) is 0 Å². The van der Waals surface area contributed by atoms with Crippen molar-refractivity contribution in [2.45, 2.75) is 57.8 Å². The van der Waals surface area contributed by atoms with Crippen LogP contribution in [0.3, 0.4) is 0 Å². The van der Waals surface area contributed by atoms with Crippen molar-refractivity contribution in [3.8, 4) is 0 Å². The summed E-state index contributed by atoms with van der Waals surface area (Å²) >= 11 is 0. The molecule has 0 aromatic rings. The number of aliphatic carboxylic acids is 1. The van der Waals surface area contributed by atoms with Gasteiger partial charge in [-0.15, -0.1) is 0 Å². The molecule has 0 aliphatic carbocycles. The van der Waals surface area contributed by atoms with Crippen LogP contribution in [-0.4, -0.2) is 48.4 Å². The third-order valence-corrected chi connectivity index (χ3v) is 3.12. The largest absolute Gasteiger partial charge is 0.480 e. The molecular formula is C13H23NO5. The van der Waals surface area contributed by atoms with Crippen LogP contribution in [0.1, 0.15) is 39.5 Å². The van der Waals surface area contributed by atoms with Crippen molar-refractivity contribution in [2.24, 2.45) is 0 Å². The number of rotatable bonds is 8. The highest BCUT2D eigenvalue weighted by Crippen LogP contribution is 2.12. The van der Waals surface area contributed by atoms with Crippen molar-refractivity contribution in [2.75, 3.05) is 13.2 Å². The van der Waals surface area contributed by atoms with Crippen LogP contribution in [0.5, 0.6) is 0 Å². The van der Waals surface area contributed by atoms with E-state index in [1.165, 1.54) is 0 Å². The van der Waals surface area contributed by atoms with E-state index in [4.69, 9.17) is 14.6 Å². The fourth-order valence-electron chi connectivity index (χ4n) is 1.94. The molecule has 0 saturated carbocycles. The van der Waals surface area contributed by atoms with Gasteiger partial charge in [0.2, 0.25) is 5.91 Å². The van der Waals surface area contributed by atoms with E-state index >= 15 is 0 Å². The van der Waals surface area contributed by atoms with Gasteiger partial charge in [-0.2, -0.15) is 0 Å². The summed E-state index contributed by atoms with van der Waals surface area (Å²) in [6, 6.07) is -0.841. The number of ether oxygens (including phenoxy) is 2. The lowest BCUT2D eigenvalue weighted by Crippen LogP contribution is -2.45. The van der Waals surface area contributed by atoms with Gasteiger partial charge in [-0.3, -0.25) is 4.79 Å². The number of hydrogen-bond donors (Lipinski definition) is 2. The van der Waals surface area contributed by atoms with Crippen LogP contribution < -0.4 is 5.32 Å². The van der Waals surface area contributed by atoms with Gasteiger partial charge >= 0.3 is 5.97 Å². The Hall–Kier alpha value is -1.14. The molecule has 3 atom stereocenters. The number of hydrogen-bond acceptors (Lipinski definition) is 4. The van der Waals surface area contributed by atoms with Gasteiger partial charge in [-0.1, -0.05) is 13.3 Å². The highest BCUT2D eigenvalue weighted by Gasteiger charge is 2.24. The molecule has 1 heterocycles. The van der Waals surface area contributed by atoms with Crippen LogP contribution in [-0.2, 0) is 19.1 Å². The molecule has 6 heteroatoms. The first-order chi connectivity index (χ1) is 9.04. The number of carbonyl (C=O) groups is 2. The smallest absolute Gasteiger partial charge is 0.326 e. The van der Waals surface area contributed by atoms with E-state index in [-0.39, 0.29) is 12.0 Å². The summed E-state index contributed by atoms with van der Waals surface area (Å²) in [5.74, 6) is -1.40. The second-order valence-electron chi connectivity index (χ2n) is 4.80. The molecule has 6 nitrogen and oxygen atoms in total. The number of carboxylic acid groups (broad SMARTS) is 1. The summed E-state index contributed by atoms with van der Waals surface area (Å²) in [6.45, 7) is 4.61. The molecule has 0 bridgehead atoms. The van der Waals surface area contributed by atoms with E-state index in [0.29, 0.717) is 19.4 Å². The molecule has 0 aromatic carbocycles. The minimum Gasteiger partial charge on any atom is -0.480 e. The Labute approximate surface area is 113 Å². The van der Waals surface area contributed by atoms with E-state index < -0.39 is 18.1 Å². The van der Waals surface area contributed by atoms with Crippen LogP contribution in [0.4, 0.5) is 0 Å². The lowest BCUT2D eigenvalue weighted by atomic mass is 10.1. The summed E-state index contributed by atoms with van der Waals surface area (Å²) in [6.07, 6.45) is 2.47. The zero-order valence-electron chi connectivity index (χ0n) is 11.6. The van der Waals surface area contributed by atoms with E-state index in [9.17, 15) is 9.59 Å². The molecule has 3 unspecified atom stereocenters. The topological polar surface area (TPSA) is 84.9 Å². The predicted molar refractivity (Wildman–Crippen MR) is 68.9 cm³/mol. The van der Waals surface area contributed by atoms with Crippen molar-refractivity contribution in [1.29, 1.82) is 0 Å². The normalized spacial score (nSPS) is 21.9. The highest BCUT2D eigenvalue weighted by molar-refractivity contribution is 5.86. The molecule has 0 spiro atoms. The Balaban J connectivity index is 2.31. The number of amides is 1. The molecule has 1 aliphatic rings. The third kappa shape index (κ3) is 5.57. The highest BCUT2D eigenvalue weighted by atomic mass is 16.5. The summed E-state index contributed by atoms with van der Waals surface area (Å²) in [5.41, 5.74) is 0. The molecule has 2 N–H and O–H groups in total. The number of nitrogens with one attached hydrogen (secondary N) is 1. The van der Waals surface area contributed by atoms with Crippen molar-refractivity contribution < 1.29 is 24.2 Å².